The lowest BCUT2D eigenvalue weighted by molar-refractivity contribution is 0.176. The molecule has 4 aliphatic rings. The predicted molar refractivity (Wildman–Crippen MR) is 87.7 cm³/mol. The van der Waals surface area contributed by atoms with Gasteiger partial charge in [-0.1, -0.05) is 56.9 Å². The van der Waals surface area contributed by atoms with E-state index in [0.717, 1.165) is 0 Å². The molecular formula is C21H24. The van der Waals surface area contributed by atoms with Crippen LogP contribution in [-0.2, 0) is 0 Å². The molecule has 0 N–H and O–H groups in total. The van der Waals surface area contributed by atoms with E-state index in [0.29, 0.717) is 23.7 Å². The second-order valence-corrected chi connectivity index (χ2v) is 7.35. The smallest absolute Gasteiger partial charge is 0.0274 e. The average Bonchev–Trinajstić information content (AvgIpc) is 2.89. The monoisotopic (exact) mass is 276 g/mol. The molecular weight excluding hydrogens is 252 g/mol. The normalized spacial score (nSPS) is 43.2. The first kappa shape index (κ1) is 13.2. The van der Waals surface area contributed by atoms with Gasteiger partial charge in [0.2, 0.25) is 0 Å². The minimum Gasteiger partial charge on any atom is -0.0839 e. The molecule has 0 amide bonds. The van der Waals surface area contributed by atoms with E-state index >= 15 is 0 Å². The summed E-state index contributed by atoms with van der Waals surface area (Å²) in [5.41, 5.74) is 13.1. The van der Waals surface area contributed by atoms with E-state index in [1.165, 1.54) is 24.0 Å². The van der Waals surface area contributed by atoms with Crippen molar-refractivity contribution in [3.05, 3.63) is 58.1 Å². The van der Waals surface area contributed by atoms with Crippen LogP contribution in [0.2, 0.25) is 0 Å². The SMILES string of the molecule is CC1C2=C(C=C=C=C2)C2(C3=C(CCC=C3)C(C)C2C)C1C. The molecule has 0 radical (unpaired) electrons. The van der Waals surface area contributed by atoms with Crippen LogP contribution < -0.4 is 0 Å². The van der Waals surface area contributed by atoms with Crippen molar-refractivity contribution in [2.45, 2.75) is 40.5 Å². The Hall–Kier alpha value is -1.48. The average molecular weight is 276 g/mol. The van der Waals surface area contributed by atoms with Gasteiger partial charge in [-0.3, -0.25) is 0 Å². The van der Waals surface area contributed by atoms with E-state index in [1.807, 2.05) is 0 Å². The maximum absolute atomic E-state index is 3.24. The van der Waals surface area contributed by atoms with Gasteiger partial charge in [0.25, 0.3) is 0 Å². The number of hydrogen-bond donors (Lipinski definition) is 0. The van der Waals surface area contributed by atoms with Crippen molar-refractivity contribution >= 4 is 0 Å². The van der Waals surface area contributed by atoms with Crippen molar-refractivity contribution in [1.29, 1.82) is 0 Å². The third kappa shape index (κ3) is 1.38. The lowest BCUT2D eigenvalue weighted by atomic mass is 9.62. The van der Waals surface area contributed by atoms with Crippen molar-refractivity contribution < 1.29 is 0 Å². The molecule has 0 bridgehead atoms. The van der Waals surface area contributed by atoms with Crippen LogP contribution in [0.15, 0.2) is 58.1 Å². The lowest BCUT2D eigenvalue weighted by Crippen LogP contribution is -2.35. The highest BCUT2D eigenvalue weighted by molar-refractivity contribution is 5.59. The molecule has 0 saturated carbocycles. The summed E-state index contributed by atoms with van der Waals surface area (Å²) in [6.07, 6.45) is 11.7. The summed E-state index contributed by atoms with van der Waals surface area (Å²) in [7, 11) is 0. The van der Waals surface area contributed by atoms with Crippen LogP contribution in [-0.4, -0.2) is 0 Å². The van der Waals surface area contributed by atoms with Gasteiger partial charge in [-0.15, -0.1) is 0 Å². The fraction of sp³-hybridized carbons (Fsp3) is 0.524. The lowest BCUT2D eigenvalue weighted by Gasteiger charge is -2.41. The number of hydrogen-bond acceptors (Lipinski definition) is 0. The largest absolute Gasteiger partial charge is 0.0839 e. The Balaban J connectivity index is 2.00. The minimum absolute atomic E-state index is 0.214. The molecule has 0 aliphatic heterocycles. The summed E-state index contributed by atoms with van der Waals surface area (Å²) in [6.45, 7) is 9.79. The quantitative estimate of drug-likeness (QED) is 0.522. The van der Waals surface area contributed by atoms with Crippen molar-refractivity contribution in [3.8, 4) is 0 Å². The van der Waals surface area contributed by atoms with E-state index in [9.17, 15) is 0 Å². The van der Waals surface area contributed by atoms with Gasteiger partial charge in [-0.25, -0.2) is 0 Å². The Morgan fingerprint density at radius 3 is 2.48 bits per heavy atom. The van der Waals surface area contributed by atoms with Crippen LogP contribution in [0.5, 0.6) is 0 Å². The minimum atomic E-state index is 0.214. The van der Waals surface area contributed by atoms with Crippen molar-refractivity contribution in [2.75, 3.05) is 0 Å². The van der Waals surface area contributed by atoms with Gasteiger partial charge in [-0.05, 0) is 65.4 Å². The molecule has 1 spiro atoms. The fourth-order valence-electron chi connectivity index (χ4n) is 5.59. The van der Waals surface area contributed by atoms with Gasteiger partial charge in [0.15, 0.2) is 0 Å². The van der Waals surface area contributed by atoms with Gasteiger partial charge in [0.1, 0.15) is 0 Å². The molecule has 4 aliphatic carbocycles. The topological polar surface area (TPSA) is 0 Å². The number of fused-ring (bicyclic) bond motifs is 2. The zero-order valence-corrected chi connectivity index (χ0v) is 13.5. The molecule has 0 aromatic carbocycles. The third-order valence-corrected chi connectivity index (χ3v) is 6.92. The molecule has 108 valence electrons. The second-order valence-electron chi connectivity index (χ2n) is 7.35. The van der Waals surface area contributed by atoms with Gasteiger partial charge in [0.05, 0.1) is 0 Å². The highest BCUT2D eigenvalue weighted by Gasteiger charge is 2.59. The van der Waals surface area contributed by atoms with E-state index in [1.54, 1.807) is 11.1 Å². The molecule has 0 heterocycles. The van der Waals surface area contributed by atoms with E-state index in [4.69, 9.17) is 0 Å². The Labute approximate surface area is 128 Å². The highest BCUT2D eigenvalue weighted by Crippen LogP contribution is 2.67. The highest BCUT2D eigenvalue weighted by atomic mass is 14.6. The Morgan fingerprint density at radius 2 is 1.67 bits per heavy atom. The van der Waals surface area contributed by atoms with Crippen molar-refractivity contribution in [2.24, 2.45) is 29.1 Å². The molecule has 0 fully saturated rings. The van der Waals surface area contributed by atoms with Crippen LogP contribution in [0.1, 0.15) is 40.5 Å². The summed E-state index contributed by atoms with van der Waals surface area (Å²) in [5.74, 6) is 2.65. The molecule has 4 rings (SSSR count). The fourth-order valence-corrected chi connectivity index (χ4v) is 5.59. The maximum atomic E-state index is 3.24. The predicted octanol–water partition coefficient (Wildman–Crippen LogP) is 5.37. The van der Waals surface area contributed by atoms with Gasteiger partial charge < -0.3 is 0 Å². The van der Waals surface area contributed by atoms with Gasteiger partial charge >= 0.3 is 0 Å². The summed E-state index contributed by atoms with van der Waals surface area (Å²) in [4.78, 5) is 0. The molecule has 0 heteroatoms. The van der Waals surface area contributed by atoms with E-state index < -0.39 is 0 Å². The summed E-state index contributed by atoms with van der Waals surface area (Å²) >= 11 is 0. The summed E-state index contributed by atoms with van der Waals surface area (Å²) in [6, 6.07) is 0. The van der Waals surface area contributed by atoms with Gasteiger partial charge in [0, 0.05) is 5.41 Å². The Kier molecular flexibility index (Phi) is 2.68. The number of rotatable bonds is 0. The van der Waals surface area contributed by atoms with Crippen LogP contribution in [0.25, 0.3) is 0 Å². The van der Waals surface area contributed by atoms with Crippen molar-refractivity contribution in [1.82, 2.24) is 0 Å². The van der Waals surface area contributed by atoms with Gasteiger partial charge in [-0.2, -0.15) is 0 Å². The van der Waals surface area contributed by atoms with Crippen molar-refractivity contribution in [3.63, 3.8) is 0 Å². The molecule has 0 nitrogen and oxygen atoms in total. The standard InChI is InChI=1S/C21H24/c1-13-15(3)21(19-11-7-5-9-17(13)19)16(4)14(2)18-10-6-8-12-20(18)21/h7,10-16H,5,9H2,1-4H3. The molecule has 5 atom stereocenters. The van der Waals surface area contributed by atoms with E-state index in [2.05, 4.69) is 63.5 Å². The zero-order valence-electron chi connectivity index (χ0n) is 13.5. The summed E-state index contributed by atoms with van der Waals surface area (Å²) in [5, 5.41) is 0. The molecule has 5 unspecified atom stereocenters. The first-order valence-electron chi connectivity index (χ1n) is 8.42. The maximum Gasteiger partial charge on any atom is 0.0274 e. The van der Waals surface area contributed by atoms with Crippen LogP contribution in [0.3, 0.4) is 0 Å². The first-order chi connectivity index (χ1) is 10.1. The van der Waals surface area contributed by atoms with Crippen LogP contribution in [0.4, 0.5) is 0 Å². The first-order valence-corrected chi connectivity index (χ1v) is 8.42. The number of allylic oxidation sites excluding steroid dienone is 8. The zero-order chi connectivity index (χ0) is 14.8. The Bertz CT molecular complexity index is 698. The molecule has 0 aromatic rings. The third-order valence-electron chi connectivity index (χ3n) is 6.92. The van der Waals surface area contributed by atoms with Crippen LogP contribution in [0, 0.1) is 29.1 Å². The molecule has 21 heavy (non-hydrogen) atoms. The van der Waals surface area contributed by atoms with Crippen LogP contribution >= 0.6 is 0 Å². The summed E-state index contributed by atoms with van der Waals surface area (Å²) < 4.78 is 0. The van der Waals surface area contributed by atoms with E-state index in [-0.39, 0.29) is 5.41 Å². The Morgan fingerprint density at radius 1 is 0.952 bits per heavy atom. The second kappa shape index (κ2) is 4.26. The molecule has 0 saturated heterocycles. The molecule has 0 aromatic heterocycles.